The number of phenols is 1. The van der Waals surface area contributed by atoms with Gasteiger partial charge in [0, 0.05) is 30.6 Å². The van der Waals surface area contributed by atoms with Gasteiger partial charge in [-0.05, 0) is 17.7 Å². The summed E-state index contributed by atoms with van der Waals surface area (Å²) in [5.41, 5.74) is 0.0814. The first-order valence-electron chi connectivity index (χ1n) is 6.36. The minimum absolute atomic E-state index is 0.0532. The average molecular weight is 299 g/mol. The number of hydrogen-bond donors (Lipinski definition) is 2. The lowest BCUT2D eigenvalue weighted by atomic mass is 10.1. The van der Waals surface area contributed by atoms with E-state index in [2.05, 4.69) is 0 Å². The van der Waals surface area contributed by atoms with Crippen LogP contribution in [0.3, 0.4) is 0 Å². The van der Waals surface area contributed by atoms with Crippen molar-refractivity contribution in [2.75, 3.05) is 19.7 Å². The highest BCUT2D eigenvalue weighted by Gasteiger charge is 2.15. The van der Waals surface area contributed by atoms with Gasteiger partial charge in [-0.1, -0.05) is 0 Å². The van der Waals surface area contributed by atoms with Crippen molar-refractivity contribution in [3.8, 4) is 5.75 Å². The van der Waals surface area contributed by atoms with Crippen LogP contribution in [0.5, 0.6) is 5.75 Å². The second kappa shape index (κ2) is 6.64. The molecule has 0 saturated heterocycles. The number of aliphatic hydroxyl groups excluding tert-OH is 1. The molecule has 0 spiro atoms. The van der Waals surface area contributed by atoms with Crippen molar-refractivity contribution in [1.82, 2.24) is 4.90 Å². The van der Waals surface area contributed by atoms with Crippen LogP contribution in [0.15, 0.2) is 33.5 Å². The lowest BCUT2D eigenvalue weighted by Crippen LogP contribution is -2.31. The molecule has 0 aliphatic heterocycles. The molecular formula is C14H15F2NO4. The largest absolute Gasteiger partial charge is 0.508 e. The highest BCUT2D eigenvalue weighted by molar-refractivity contribution is 5.81. The Morgan fingerprint density at radius 2 is 2.05 bits per heavy atom. The summed E-state index contributed by atoms with van der Waals surface area (Å²) in [6.45, 7) is -0.602. The van der Waals surface area contributed by atoms with Crippen LogP contribution in [-0.4, -0.2) is 41.2 Å². The van der Waals surface area contributed by atoms with E-state index in [1.807, 2.05) is 0 Å². The molecule has 0 fully saturated rings. The standard InChI is InChI=1S/C14H15F2NO4/c15-13(16)8-17(3-4-18)7-9-5-14(20)21-12-6-10(19)1-2-11(9)12/h1-2,5-6,13,18-19H,3-4,7-8H2. The molecule has 0 aliphatic rings. The van der Waals surface area contributed by atoms with Crippen molar-refractivity contribution in [2.24, 2.45) is 0 Å². The third-order valence-corrected chi connectivity index (χ3v) is 3.02. The first kappa shape index (κ1) is 15.4. The van der Waals surface area contributed by atoms with Crippen LogP contribution >= 0.6 is 0 Å². The maximum absolute atomic E-state index is 12.5. The molecule has 0 unspecified atom stereocenters. The van der Waals surface area contributed by atoms with Gasteiger partial charge >= 0.3 is 5.63 Å². The second-order valence-corrected chi connectivity index (χ2v) is 4.62. The molecule has 2 rings (SSSR count). The van der Waals surface area contributed by atoms with Crippen LogP contribution in [0.2, 0.25) is 0 Å². The zero-order valence-electron chi connectivity index (χ0n) is 11.1. The first-order chi connectivity index (χ1) is 9.99. The van der Waals surface area contributed by atoms with Gasteiger partial charge in [-0.3, -0.25) is 4.90 Å². The van der Waals surface area contributed by atoms with E-state index in [1.165, 1.54) is 23.1 Å². The monoisotopic (exact) mass is 299 g/mol. The van der Waals surface area contributed by atoms with Crippen LogP contribution in [-0.2, 0) is 6.54 Å². The summed E-state index contributed by atoms with van der Waals surface area (Å²) >= 11 is 0. The van der Waals surface area contributed by atoms with E-state index < -0.39 is 18.6 Å². The lowest BCUT2D eigenvalue weighted by molar-refractivity contribution is 0.0748. The molecule has 0 bridgehead atoms. The third kappa shape index (κ3) is 3.99. The topological polar surface area (TPSA) is 73.9 Å². The second-order valence-electron chi connectivity index (χ2n) is 4.62. The average Bonchev–Trinajstić information content (AvgIpc) is 2.37. The number of fused-ring (bicyclic) bond motifs is 1. The van der Waals surface area contributed by atoms with Gasteiger partial charge in [0.2, 0.25) is 0 Å². The third-order valence-electron chi connectivity index (χ3n) is 3.02. The van der Waals surface area contributed by atoms with E-state index in [9.17, 15) is 18.7 Å². The predicted octanol–water partition coefficient (Wildman–Crippen LogP) is 1.56. The maximum atomic E-state index is 12.5. The highest BCUT2D eigenvalue weighted by atomic mass is 19.3. The molecule has 21 heavy (non-hydrogen) atoms. The van der Waals surface area contributed by atoms with E-state index in [-0.39, 0.29) is 31.0 Å². The van der Waals surface area contributed by atoms with Crippen LogP contribution in [0, 0.1) is 0 Å². The maximum Gasteiger partial charge on any atom is 0.336 e. The molecule has 0 atom stereocenters. The van der Waals surface area contributed by atoms with Gasteiger partial charge in [0.15, 0.2) is 0 Å². The Labute approximate surface area is 119 Å². The zero-order chi connectivity index (χ0) is 15.4. The van der Waals surface area contributed by atoms with E-state index in [1.54, 1.807) is 6.07 Å². The predicted molar refractivity (Wildman–Crippen MR) is 72.5 cm³/mol. The van der Waals surface area contributed by atoms with Crippen molar-refractivity contribution >= 4 is 11.0 Å². The van der Waals surface area contributed by atoms with Gasteiger partial charge in [0.25, 0.3) is 6.43 Å². The summed E-state index contributed by atoms with van der Waals surface area (Å²) in [5.74, 6) is -0.0532. The van der Waals surface area contributed by atoms with E-state index in [0.29, 0.717) is 10.9 Å². The van der Waals surface area contributed by atoms with Gasteiger partial charge in [0.1, 0.15) is 11.3 Å². The number of aliphatic hydroxyl groups is 1. The molecule has 5 nitrogen and oxygen atoms in total. The molecule has 1 aromatic carbocycles. The number of halogens is 2. The highest BCUT2D eigenvalue weighted by Crippen LogP contribution is 2.22. The Bertz CT molecular complexity index is 672. The Balaban J connectivity index is 2.37. The number of benzene rings is 1. The number of hydrogen-bond acceptors (Lipinski definition) is 5. The normalized spacial score (nSPS) is 11.7. The number of aromatic hydroxyl groups is 1. The molecule has 114 valence electrons. The molecule has 0 radical (unpaired) electrons. The number of phenolic OH excluding ortho intramolecular Hbond substituents is 1. The Hall–Kier alpha value is -1.99. The summed E-state index contributed by atoms with van der Waals surface area (Å²) in [7, 11) is 0. The summed E-state index contributed by atoms with van der Waals surface area (Å²) in [4.78, 5) is 12.9. The summed E-state index contributed by atoms with van der Waals surface area (Å²) in [5, 5.41) is 18.9. The Morgan fingerprint density at radius 1 is 1.29 bits per heavy atom. The zero-order valence-corrected chi connectivity index (χ0v) is 11.1. The van der Waals surface area contributed by atoms with Crippen LogP contribution < -0.4 is 5.63 Å². The fourth-order valence-corrected chi connectivity index (χ4v) is 2.16. The SMILES string of the molecule is O=c1cc(CN(CCO)CC(F)F)c2ccc(O)cc2o1. The van der Waals surface area contributed by atoms with Crippen LogP contribution in [0.4, 0.5) is 8.78 Å². The van der Waals surface area contributed by atoms with Gasteiger partial charge in [-0.15, -0.1) is 0 Å². The lowest BCUT2D eigenvalue weighted by Gasteiger charge is -2.21. The van der Waals surface area contributed by atoms with Gasteiger partial charge in [-0.2, -0.15) is 0 Å². The molecule has 0 amide bonds. The van der Waals surface area contributed by atoms with Crippen LogP contribution in [0.25, 0.3) is 11.0 Å². The number of alkyl halides is 2. The van der Waals surface area contributed by atoms with Gasteiger partial charge < -0.3 is 14.6 Å². The van der Waals surface area contributed by atoms with Crippen molar-refractivity contribution in [2.45, 2.75) is 13.0 Å². The van der Waals surface area contributed by atoms with Crippen molar-refractivity contribution < 1.29 is 23.4 Å². The number of nitrogens with zero attached hydrogens (tertiary/aromatic N) is 1. The van der Waals surface area contributed by atoms with Gasteiger partial charge in [-0.25, -0.2) is 13.6 Å². The van der Waals surface area contributed by atoms with Crippen LogP contribution in [0.1, 0.15) is 5.56 Å². The molecule has 2 aromatic rings. The van der Waals surface area contributed by atoms with E-state index >= 15 is 0 Å². The fourth-order valence-electron chi connectivity index (χ4n) is 2.16. The molecule has 0 saturated carbocycles. The summed E-state index contributed by atoms with van der Waals surface area (Å²) in [6.07, 6.45) is -2.54. The van der Waals surface area contributed by atoms with Gasteiger partial charge in [0.05, 0.1) is 13.2 Å². The minimum atomic E-state index is -2.54. The Morgan fingerprint density at radius 3 is 2.71 bits per heavy atom. The molecule has 2 N–H and O–H groups in total. The molecule has 7 heteroatoms. The van der Waals surface area contributed by atoms with Crippen molar-refractivity contribution in [3.63, 3.8) is 0 Å². The van der Waals surface area contributed by atoms with E-state index in [4.69, 9.17) is 9.52 Å². The quantitative estimate of drug-likeness (QED) is 0.792. The molecule has 1 aromatic heterocycles. The molecule has 1 heterocycles. The summed E-state index contributed by atoms with van der Waals surface area (Å²) < 4.78 is 30.0. The van der Waals surface area contributed by atoms with Crippen molar-refractivity contribution in [3.05, 3.63) is 40.2 Å². The Kier molecular flexibility index (Phi) is 4.87. The first-order valence-corrected chi connectivity index (χ1v) is 6.36. The van der Waals surface area contributed by atoms with Crippen molar-refractivity contribution in [1.29, 1.82) is 0 Å². The smallest absolute Gasteiger partial charge is 0.336 e. The molecule has 0 aliphatic carbocycles. The number of rotatable bonds is 6. The minimum Gasteiger partial charge on any atom is -0.508 e. The molecular weight excluding hydrogens is 284 g/mol. The van der Waals surface area contributed by atoms with E-state index in [0.717, 1.165) is 0 Å². The fraction of sp³-hybridized carbons (Fsp3) is 0.357. The summed E-state index contributed by atoms with van der Waals surface area (Å²) in [6, 6.07) is 5.51.